The third-order valence-corrected chi connectivity index (χ3v) is 1.79. The lowest BCUT2D eigenvalue weighted by Crippen LogP contribution is -2.10. The quantitative estimate of drug-likeness (QED) is 0.578. The summed E-state index contributed by atoms with van der Waals surface area (Å²) in [4.78, 5) is 24.3. The number of carbonyl (C=O) groups excluding carboxylic acids is 1. The number of hydrogen-bond donors (Lipinski definition) is 1. The van der Waals surface area contributed by atoms with Crippen LogP contribution in [0.15, 0.2) is 22.6 Å². The Morgan fingerprint density at radius 1 is 1.53 bits per heavy atom. The molecule has 0 atom stereocenters. The van der Waals surface area contributed by atoms with E-state index in [1.807, 2.05) is 0 Å². The highest BCUT2D eigenvalue weighted by molar-refractivity contribution is 5.91. The van der Waals surface area contributed by atoms with Crippen LogP contribution < -0.4 is 5.73 Å². The zero-order valence-corrected chi connectivity index (χ0v) is 7.34. The van der Waals surface area contributed by atoms with E-state index in [0.717, 1.165) is 0 Å². The Kier molecular flexibility index (Phi) is 1.86. The molecule has 2 rings (SSSR count). The van der Waals surface area contributed by atoms with Crippen LogP contribution in [0.25, 0.3) is 11.1 Å². The average molecular weight is 207 g/mol. The minimum atomic E-state index is -0.811. The molecule has 2 aromatic rings. The van der Waals surface area contributed by atoms with E-state index in [0.29, 0.717) is 0 Å². The molecule has 76 valence electrons. The first-order valence-corrected chi connectivity index (χ1v) is 3.93. The van der Waals surface area contributed by atoms with Gasteiger partial charge in [-0.15, -0.1) is 0 Å². The highest BCUT2D eigenvalue weighted by Gasteiger charge is 2.13. The zero-order chi connectivity index (χ0) is 11.0. The SMILES string of the molecule is NC(=O)c1nc2cc([N+](=O)[O-])ccc2o1. The molecule has 0 saturated heterocycles. The number of benzene rings is 1. The summed E-state index contributed by atoms with van der Waals surface area (Å²) in [6, 6.07) is 3.84. The molecule has 1 aromatic carbocycles. The number of primary amides is 1. The highest BCUT2D eigenvalue weighted by atomic mass is 16.6. The molecule has 1 aromatic heterocycles. The van der Waals surface area contributed by atoms with Gasteiger partial charge in [-0.25, -0.2) is 4.98 Å². The first-order chi connectivity index (χ1) is 7.08. The lowest BCUT2D eigenvalue weighted by Gasteiger charge is -1.88. The second kappa shape index (κ2) is 3.05. The van der Waals surface area contributed by atoms with E-state index >= 15 is 0 Å². The van der Waals surface area contributed by atoms with Crippen molar-refractivity contribution in [3.05, 3.63) is 34.2 Å². The molecule has 0 aliphatic heterocycles. The summed E-state index contributed by atoms with van der Waals surface area (Å²) < 4.78 is 4.96. The molecule has 1 amide bonds. The van der Waals surface area contributed by atoms with E-state index in [2.05, 4.69) is 4.98 Å². The lowest BCUT2D eigenvalue weighted by atomic mass is 10.3. The molecule has 0 fully saturated rings. The van der Waals surface area contributed by atoms with Gasteiger partial charge in [-0.2, -0.15) is 0 Å². The number of amides is 1. The van der Waals surface area contributed by atoms with Gasteiger partial charge in [-0.3, -0.25) is 14.9 Å². The number of nitro groups is 1. The van der Waals surface area contributed by atoms with Gasteiger partial charge in [0, 0.05) is 12.1 Å². The Balaban J connectivity index is 2.62. The summed E-state index contributed by atoms with van der Waals surface area (Å²) in [5.74, 6) is -1.07. The molecule has 7 nitrogen and oxygen atoms in total. The summed E-state index contributed by atoms with van der Waals surface area (Å²) in [6.45, 7) is 0. The lowest BCUT2D eigenvalue weighted by molar-refractivity contribution is -0.384. The van der Waals surface area contributed by atoms with E-state index in [4.69, 9.17) is 10.2 Å². The Hall–Kier alpha value is -2.44. The molecule has 2 N–H and O–H groups in total. The van der Waals surface area contributed by atoms with Crippen molar-refractivity contribution < 1.29 is 14.1 Å². The Labute approximate surface area is 82.6 Å². The van der Waals surface area contributed by atoms with Crippen molar-refractivity contribution in [1.29, 1.82) is 0 Å². The van der Waals surface area contributed by atoms with E-state index in [-0.39, 0.29) is 22.7 Å². The second-order valence-electron chi connectivity index (χ2n) is 2.79. The first-order valence-electron chi connectivity index (χ1n) is 3.93. The van der Waals surface area contributed by atoms with Crippen molar-refractivity contribution in [1.82, 2.24) is 4.98 Å². The molecule has 1 heterocycles. The van der Waals surface area contributed by atoms with Crippen LogP contribution in [0.2, 0.25) is 0 Å². The van der Waals surface area contributed by atoms with Gasteiger partial charge < -0.3 is 10.2 Å². The number of carbonyl (C=O) groups is 1. The average Bonchev–Trinajstić information content (AvgIpc) is 2.59. The largest absolute Gasteiger partial charge is 0.432 e. The van der Waals surface area contributed by atoms with Crippen LogP contribution in [0.1, 0.15) is 10.7 Å². The number of aromatic nitrogens is 1. The van der Waals surface area contributed by atoms with Gasteiger partial charge in [0.05, 0.1) is 4.92 Å². The fourth-order valence-electron chi connectivity index (χ4n) is 1.13. The smallest absolute Gasteiger partial charge is 0.304 e. The highest BCUT2D eigenvalue weighted by Crippen LogP contribution is 2.20. The summed E-state index contributed by atoms with van der Waals surface area (Å²) >= 11 is 0. The van der Waals surface area contributed by atoms with Crippen molar-refractivity contribution in [2.45, 2.75) is 0 Å². The third kappa shape index (κ3) is 1.50. The first kappa shape index (κ1) is 9.13. The van der Waals surface area contributed by atoms with E-state index in [1.165, 1.54) is 18.2 Å². The van der Waals surface area contributed by atoms with Crippen molar-refractivity contribution in [3.63, 3.8) is 0 Å². The molecule has 0 spiro atoms. The number of hydrogen-bond acceptors (Lipinski definition) is 5. The maximum atomic E-state index is 10.7. The predicted molar refractivity (Wildman–Crippen MR) is 49.2 cm³/mol. The van der Waals surface area contributed by atoms with Crippen LogP contribution in [0.4, 0.5) is 5.69 Å². The van der Waals surface area contributed by atoms with Crippen LogP contribution in [0.5, 0.6) is 0 Å². The van der Waals surface area contributed by atoms with Gasteiger partial charge >= 0.3 is 5.91 Å². The van der Waals surface area contributed by atoms with Crippen molar-refractivity contribution in [2.75, 3.05) is 0 Å². The van der Waals surface area contributed by atoms with Crippen molar-refractivity contribution >= 4 is 22.7 Å². The summed E-state index contributed by atoms with van der Waals surface area (Å²) in [7, 11) is 0. The topological polar surface area (TPSA) is 112 Å². The molecule has 0 saturated carbocycles. The van der Waals surface area contributed by atoms with Gasteiger partial charge in [0.25, 0.3) is 11.6 Å². The maximum Gasteiger partial charge on any atom is 0.304 e. The fraction of sp³-hybridized carbons (Fsp3) is 0. The minimum absolute atomic E-state index is 0.119. The van der Waals surface area contributed by atoms with Crippen LogP contribution >= 0.6 is 0 Å². The molecule has 15 heavy (non-hydrogen) atoms. The van der Waals surface area contributed by atoms with Gasteiger partial charge in [0.1, 0.15) is 5.52 Å². The molecule has 0 unspecified atom stereocenters. The number of oxazole rings is 1. The number of nitrogens with zero attached hydrogens (tertiary/aromatic N) is 2. The van der Waals surface area contributed by atoms with E-state index in [1.54, 1.807) is 0 Å². The summed E-state index contributed by atoms with van der Waals surface area (Å²) in [5.41, 5.74) is 5.35. The summed E-state index contributed by atoms with van der Waals surface area (Å²) in [6.07, 6.45) is 0. The van der Waals surface area contributed by atoms with Crippen LogP contribution in [-0.2, 0) is 0 Å². The standard InChI is InChI=1S/C8H5N3O4/c9-7(12)8-10-5-3-4(11(13)14)1-2-6(5)15-8/h1-3H,(H2,9,12). The Bertz CT molecular complexity index is 548. The molecule has 0 bridgehead atoms. The minimum Gasteiger partial charge on any atom is -0.432 e. The number of fused-ring (bicyclic) bond motifs is 1. The molecular formula is C8H5N3O4. The van der Waals surface area contributed by atoms with Gasteiger partial charge in [0.15, 0.2) is 5.58 Å². The van der Waals surface area contributed by atoms with Gasteiger partial charge in [-0.1, -0.05) is 0 Å². The Morgan fingerprint density at radius 3 is 2.87 bits per heavy atom. The predicted octanol–water partition coefficient (Wildman–Crippen LogP) is 0.835. The molecular weight excluding hydrogens is 202 g/mol. The summed E-state index contributed by atoms with van der Waals surface area (Å²) in [5, 5.41) is 10.4. The van der Waals surface area contributed by atoms with Crippen molar-refractivity contribution in [3.8, 4) is 0 Å². The van der Waals surface area contributed by atoms with E-state index in [9.17, 15) is 14.9 Å². The molecule has 0 aliphatic carbocycles. The van der Waals surface area contributed by atoms with Gasteiger partial charge in [-0.05, 0) is 6.07 Å². The maximum absolute atomic E-state index is 10.7. The third-order valence-electron chi connectivity index (χ3n) is 1.79. The molecule has 7 heteroatoms. The second-order valence-corrected chi connectivity index (χ2v) is 2.79. The van der Waals surface area contributed by atoms with E-state index < -0.39 is 10.8 Å². The Morgan fingerprint density at radius 2 is 2.27 bits per heavy atom. The molecule has 0 radical (unpaired) electrons. The number of rotatable bonds is 2. The van der Waals surface area contributed by atoms with Crippen LogP contribution in [0.3, 0.4) is 0 Å². The fourth-order valence-corrected chi connectivity index (χ4v) is 1.13. The van der Waals surface area contributed by atoms with Crippen molar-refractivity contribution in [2.24, 2.45) is 5.73 Å². The van der Waals surface area contributed by atoms with Gasteiger partial charge in [0.2, 0.25) is 0 Å². The normalized spacial score (nSPS) is 10.4. The monoisotopic (exact) mass is 207 g/mol. The molecule has 0 aliphatic rings. The number of nitro benzene ring substituents is 1. The number of nitrogens with two attached hydrogens (primary N) is 1. The van der Waals surface area contributed by atoms with Crippen LogP contribution in [-0.4, -0.2) is 15.8 Å². The zero-order valence-electron chi connectivity index (χ0n) is 7.34. The van der Waals surface area contributed by atoms with Crippen LogP contribution in [0, 0.1) is 10.1 Å². The number of non-ortho nitro benzene ring substituents is 1.